The van der Waals surface area contributed by atoms with E-state index in [2.05, 4.69) is 42.3 Å². The molecular formula is C16H24N2O. The summed E-state index contributed by atoms with van der Waals surface area (Å²) >= 11 is 0. The molecule has 1 saturated carbocycles. The van der Waals surface area contributed by atoms with Crippen LogP contribution in [-0.4, -0.2) is 32.3 Å². The second kappa shape index (κ2) is 4.71. The lowest BCUT2D eigenvalue weighted by Crippen LogP contribution is -2.60. The molecule has 0 aromatic heterocycles. The number of benzene rings is 1. The number of nitrogens with zero attached hydrogens (tertiary/aromatic N) is 1. The third-order valence-corrected chi connectivity index (χ3v) is 4.65. The van der Waals surface area contributed by atoms with Gasteiger partial charge in [-0.3, -0.25) is 0 Å². The smallest absolute Gasteiger partial charge is 0.121 e. The lowest BCUT2D eigenvalue weighted by atomic mass is 9.92. The summed E-state index contributed by atoms with van der Waals surface area (Å²) in [6, 6.07) is 6.52. The summed E-state index contributed by atoms with van der Waals surface area (Å²) < 4.78 is 5.35. The average molecular weight is 260 g/mol. The highest BCUT2D eigenvalue weighted by molar-refractivity contribution is 5.53. The van der Waals surface area contributed by atoms with E-state index in [1.54, 1.807) is 7.11 Å². The lowest BCUT2D eigenvalue weighted by Gasteiger charge is -2.43. The van der Waals surface area contributed by atoms with E-state index in [4.69, 9.17) is 4.74 Å². The zero-order chi connectivity index (χ0) is 13.5. The largest absolute Gasteiger partial charge is 0.496 e. The SMILES string of the molecule is COc1ccc(N2CCNC(C)(C3CC3)C2)cc1C. The Morgan fingerprint density at radius 3 is 2.79 bits per heavy atom. The van der Waals surface area contributed by atoms with Gasteiger partial charge in [0.15, 0.2) is 0 Å². The zero-order valence-corrected chi connectivity index (χ0v) is 12.2. The summed E-state index contributed by atoms with van der Waals surface area (Å²) in [5.41, 5.74) is 2.84. The molecule has 1 heterocycles. The van der Waals surface area contributed by atoms with Gasteiger partial charge in [0.25, 0.3) is 0 Å². The summed E-state index contributed by atoms with van der Waals surface area (Å²) in [5.74, 6) is 1.85. The summed E-state index contributed by atoms with van der Waals surface area (Å²) in [6.07, 6.45) is 2.78. The number of piperazine rings is 1. The topological polar surface area (TPSA) is 24.5 Å². The van der Waals surface area contributed by atoms with Crippen molar-refractivity contribution in [1.29, 1.82) is 0 Å². The minimum absolute atomic E-state index is 0.298. The van der Waals surface area contributed by atoms with Gasteiger partial charge in [0, 0.05) is 30.9 Å². The first-order valence-electron chi connectivity index (χ1n) is 7.27. The van der Waals surface area contributed by atoms with Crippen LogP contribution in [0.4, 0.5) is 5.69 Å². The Hall–Kier alpha value is -1.22. The molecule has 1 aliphatic heterocycles. The predicted molar refractivity (Wildman–Crippen MR) is 79.1 cm³/mol. The highest BCUT2D eigenvalue weighted by Gasteiger charge is 2.43. The molecule has 0 radical (unpaired) electrons. The molecule has 0 spiro atoms. The van der Waals surface area contributed by atoms with E-state index in [0.29, 0.717) is 5.54 Å². The van der Waals surface area contributed by atoms with Crippen LogP contribution in [0.15, 0.2) is 18.2 Å². The summed E-state index contributed by atoms with van der Waals surface area (Å²) in [5, 5.41) is 3.73. The number of methoxy groups -OCH3 is 1. The van der Waals surface area contributed by atoms with E-state index in [1.807, 2.05) is 0 Å². The molecule has 3 rings (SSSR count). The summed E-state index contributed by atoms with van der Waals surface area (Å²) in [7, 11) is 1.73. The summed E-state index contributed by atoms with van der Waals surface area (Å²) in [6.45, 7) is 7.79. The fourth-order valence-corrected chi connectivity index (χ4v) is 3.28. The van der Waals surface area contributed by atoms with Crippen LogP contribution in [-0.2, 0) is 0 Å². The molecule has 0 amide bonds. The van der Waals surface area contributed by atoms with Gasteiger partial charge in [-0.1, -0.05) is 0 Å². The molecule has 1 aromatic rings. The van der Waals surface area contributed by atoms with Crippen LogP contribution in [0.2, 0.25) is 0 Å². The molecule has 1 aromatic carbocycles. The van der Waals surface area contributed by atoms with Gasteiger partial charge in [-0.25, -0.2) is 0 Å². The maximum absolute atomic E-state index is 5.35. The van der Waals surface area contributed by atoms with E-state index >= 15 is 0 Å². The third kappa shape index (κ3) is 2.44. The second-order valence-electron chi connectivity index (χ2n) is 6.19. The van der Waals surface area contributed by atoms with Gasteiger partial charge in [-0.05, 0) is 56.4 Å². The third-order valence-electron chi connectivity index (χ3n) is 4.65. The van der Waals surface area contributed by atoms with E-state index < -0.39 is 0 Å². The maximum atomic E-state index is 5.35. The van der Waals surface area contributed by atoms with Crippen LogP contribution in [0.25, 0.3) is 0 Å². The molecular weight excluding hydrogens is 236 g/mol. The Balaban J connectivity index is 1.79. The van der Waals surface area contributed by atoms with Crippen molar-refractivity contribution in [2.75, 3.05) is 31.6 Å². The highest BCUT2D eigenvalue weighted by Crippen LogP contribution is 2.41. The van der Waals surface area contributed by atoms with E-state index in [0.717, 1.165) is 31.3 Å². The van der Waals surface area contributed by atoms with Crippen LogP contribution < -0.4 is 15.0 Å². The zero-order valence-electron chi connectivity index (χ0n) is 12.2. The first-order valence-corrected chi connectivity index (χ1v) is 7.27. The molecule has 1 unspecified atom stereocenters. The Kier molecular flexibility index (Phi) is 3.17. The molecule has 3 nitrogen and oxygen atoms in total. The quantitative estimate of drug-likeness (QED) is 0.904. The fraction of sp³-hybridized carbons (Fsp3) is 0.625. The van der Waals surface area contributed by atoms with Gasteiger partial charge in [0.05, 0.1) is 7.11 Å². The van der Waals surface area contributed by atoms with Crippen LogP contribution in [0, 0.1) is 12.8 Å². The molecule has 1 saturated heterocycles. The van der Waals surface area contributed by atoms with Crippen LogP contribution in [0.3, 0.4) is 0 Å². The number of hydrogen-bond donors (Lipinski definition) is 1. The van der Waals surface area contributed by atoms with Gasteiger partial charge >= 0.3 is 0 Å². The van der Waals surface area contributed by atoms with Crippen molar-refractivity contribution in [2.45, 2.75) is 32.2 Å². The van der Waals surface area contributed by atoms with Crippen molar-refractivity contribution < 1.29 is 4.74 Å². The van der Waals surface area contributed by atoms with Crippen molar-refractivity contribution in [1.82, 2.24) is 5.32 Å². The van der Waals surface area contributed by atoms with Gasteiger partial charge in [-0.15, -0.1) is 0 Å². The van der Waals surface area contributed by atoms with Gasteiger partial charge in [0.1, 0.15) is 5.75 Å². The van der Waals surface area contributed by atoms with Crippen molar-refractivity contribution >= 4 is 5.69 Å². The number of anilines is 1. The minimum Gasteiger partial charge on any atom is -0.496 e. The average Bonchev–Trinajstić information content (AvgIpc) is 3.23. The fourth-order valence-electron chi connectivity index (χ4n) is 3.28. The first kappa shape index (κ1) is 12.8. The molecule has 1 atom stereocenters. The van der Waals surface area contributed by atoms with E-state index in [-0.39, 0.29) is 0 Å². The first-order chi connectivity index (χ1) is 9.12. The lowest BCUT2D eigenvalue weighted by molar-refractivity contribution is 0.285. The number of rotatable bonds is 3. The van der Waals surface area contributed by atoms with Crippen molar-refractivity contribution in [3.8, 4) is 5.75 Å². The normalized spacial score (nSPS) is 27.4. The van der Waals surface area contributed by atoms with Crippen LogP contribution in [0.5, 0.6) is 5.75 Å². The van der Waals surface area contributed by atoms with Crippen molar-refractivity contribution in [3.05, 3.63) is 23.8 Å². The van der Waals surface area contributed by atoms with Gasteiger partial charge in [-0.2, -0.15) is 0 Å². The highest BCUT2D eigenvalue weighted by atomic mass is 16.5. The summed E-state index contributed by atoms with van der Waals surface area (Å²) in [4.78, 5) is 2.52. The molecule has 19 heavy (non-hydrogen) atoms. The monoisotopic (exact) mass is 260 g/mol. The molecule has 2 aliphatic rings. The van der Waals surface area contributed by atoms with Crippen molar-refractivity contribution in [2.24, 2.45) is 5.92 Å². The predicted octanol–water partition coefficient (Wildman–Crippen LogP) is 2.58. The molecule has 0 bridgehead atoms. The molecule has 1 N–H and O–H groups in total. The van der Waals surface area contributed by atoms with Gasteiger partial charge in [0.2, 0.25) is 0 Å². The van der Waals surface area contributed by atoms with Crippen LogP contribution in [0.1, 0.15) is 25.3 Å². The van der Waals surface area contributed by atoms with Crippen LogP contribution >= 0.6 is 0 Å². The molecule has 104 valence electrons. The molecule has 3 heteroatoms. The van der Waals surface area contributed by atoms with Gasteiger partial charge < -0.3 is 15.0 Å². The van der Waals surface area contributed by atoms with E-state index in [1.165, 1.54) is 24.1 Å². The number of aryl methyl sites for hydroxylation is 1. The minimum atomic E-state index is 0.298. The van der Waals surface area contributed by atoms with E-state index in [9.17, 15) is 0 Å². The Bertz CT molecular complexity index is 470. The Morgan fingerprint density at radius 1 is 1.37 bits per heavy atom. The molecule has 1 aliphatic carbocycles. The number of nitrogens with one attached hydrogen (secondary N) is 1. The maximum Gasteiger partial charge on any atom is 0.121 e. The second-order valence-corrected chi connectivity index (χ2v) is 6.19. The Labute approximate surface area is 115 Å². The standard InChI is InChI=1S/C16H24N2O/c1-12-10-14(6-7-15(12)19-3)18-9-8-17-16(2,11-18)13-4-5-13/h6-7,10,13,17H,4-5,8-9,11H2,1-3H3. The number of hydrogen-bond acceptors (Lipinski definition) is 3. The van der Waals surface area contributed by atoms with Crippen molar-refractivity contribution in [3.63, 3.8) is 0 Å². The Morgan fingerprint density at radius 2 is 2.16 bits per heavy atom. The molecule has 2 fully saturated rings. The number of ether oxygens (including phenoxy) is 1.